The standard InChI is InChI=1S/C18H16F2N2O2/c1-10(18(21)23)22-9-11-5-13-8-16(24-17(13)15(20)6-11)12-3-2-4-14(19)7-12/h2-8,10,22H,9H2,1H3,(H2,21,23)/t10-/m0/s1. The molecule has 0 fully saturated rings. The molecule has 24 heavy (non-hydrogen) atoms. The number of carbonyl (C=O) groups excluding carboxylic acids is 1. The van der Waals surface area contributed by atoms with E-state index in [1.54, 1.807) is 31.2 Å². The summed E-state index contributed by atoms with van der Waals surface area (Å²) in [5.74, 6) is -0.996. The first-order chi connectivity index (χ1) is 11.4. The lowest BCUT2D eigenvalue weighted by Gasteiger charge is -2.09. The van der Waals surface area contributed by atoms with E-state index in [2.05, 4.69) is 5.32 Å². The second-order valence-electron chi connectivity index (χ2n) is 5.62. The summed E-state index contributed by atoms with van der Waals surface area (Å²) in [6.07, 6.45) is 0. The molecule has 3 rings (SSSR count). The fraction of sp³-hybridized carbons (Fsp3) is 0.167. The average Bonchev–Trinajstić information content (AvgIpc) is 2.97. The van der Waals surface area contributed by atoms with E-state index in [0.717, 1.165) is 0 Å². The highest BCUT2D eigenvalue weighted by atomic mass is 19.1. The molecule has 2 aromatic carbocycles. The van der Waals surface area contributed by atoms with E-state index >= 15 is 0 Å². The minimum absolute atomic E-state index is 0.112. The average molecular weight is 330 g/mol. The Hall–Kier alpha value is -2.73. The molecular weight excluding hydrogens is 314 g/mol. The van der Waals surface area contributed by atoms with Crippen LogP contribution in [0, 0.1) is 11.6 Å². The number of nitrogens with two attached hydrogens (primary N) is 1. The summed E-state index contributed by atoms with van der Waals surface area (Å²) >= 11 is 0. The Kier molecular flexibility index (Phi) is 4.31. The lowest BCUT2D eigenvalue weighted by molar-refractivity contribution is -0.119. The van der Waals surface area contributed by atoms with Crippen molar-refractivity contribution in [1.29, 1.82) is 0 Å². The lowest BCUT2D eigenvalue weighted by Crippen LogP contribution is -2.38. The van der Waals surface area contributed by atoms with Gasteiger partial charge in [-0.05, 0) is 42.8 Å². The highest BCUT2D eigenvalue weighted by Crippen LogP contribution is 2.30. The summed E-state index contributed by atoms with van der Waals surface area (Å²) in [6, 6.07) is 10.1. The van der Waals surface area contributed by atoms with Gasteiger partial charge in [0.1, 0.15) is 11.6 Å². The maximum atomic E-state index is 14.3. The molecule has 0 bridgehead atoms. The van der Waals surface area contributed by atoms with Crippen LogP contribution in [0.5, 0.6) is 0 Å². The van der Waals surface area contributed by atoms with Crippen molar-refractivity contribution in [2.24, 2.45) is 5.73 Å². The fourth-order valence-electron chi connectivity index (χ4n) is 2.43. The zero-order chi connectivity index (χ0) is 17.3. The van der Waals surface area contributed by atoms with Crippen molar-refractivity contribution < 1.29 is 18.0 Å². The van der Waals surface area contributed by atoms with Crippen molar-refractivity contribution >= 4 is 16.9 Å². The second-order valence-corrected chi connectivity index (χ2v) is 5.62. The minimum Gasteiger partial charge on any atom is -0.453 e. The predicted molar refractivity (Wildman–Crippen MR) is 87.1 cm³/mol. The van der Waals surface area contributed by atoms with Crippen LogP contribution in [0.1, 0.15) is 12.5 Å². The molecule has 124 valence electrons. The number of halogens is 2. The maximum absolute atomic E-state index is 14.3. The monoisotopic (exact) mass is 330 g/mol. The molecule has 1 aromatic heterocycles. The number of rotatable bonds is 5. The third kappa shape index (κ3) is 3.28. The number of furan rings is 1. The third-order valence-corrected chi connectivity index (χ3v) is 3.78. The summed E-state index contributed by atoms with van der Waals surface area (Å²) < 4.78 is 33.1. The van der Waals surface area contributed by atoms with E-state index in [-0.39, 0.29) is 12.1 Å². The van der Waals surface area contributed by atoms with Crippen LogP contribution in [-0.2, 0) is 11.3 Å². The third-order valence-electron chi connectivity index (χ3n) is 3.78. The molecule has 6 heteroatoms. The number of benzene rings is 2. The quantitative estimate of drug-likeness (QED) is 0.754. The number of nitrogens with one attached hydrogen (secondary N) is 1. The predicted octanol–water partition coefficient (Wildman–Crippen LogP) is 3.34. The Morgan fingerprint density at radius 3 is 2.75 bits per heavy atom. The number of fused-ring (bicyclic) bond motifs is 1. The van der Waals surface area contributed by atoms with Gasteiger partial charge in [0.25, 0.3) is 0 Å². The smallest absolute Gasteiger partial charge is 0.234 e. The largest absolute Gasteiger partial charge is 0.453 e. The molecule has 1 heterocycles. The molecule has 0 saturated carbocycles. The Balaban J connectivity index is 1.92. The van der Waals surface area contributed by atoms with Crippen LogP contribution < -0.4 is 11.1 Å². The first-order valence-corrected chi connectivity index (χ1v) is 7.44. The molecule has 0 aliphatic rings. The molecule has 0 saturated heterocycles. The van der Waals surface area contributed by atoms with Crippen LogP contribution in [0.2, 0.25) is 0 Å². The zero-order valence-electron chi connectivity index (χ0n) is 13.0. The molecular formula is C18H16F2N2O2. The van der Waals surface area contributed by atoms with Gasteiger partial charge in [-0.3, -0.25) is 4.79 Å². The Labute approximate surface area is 137 Å². The summed E-state index contributed by atoms with van der Waals surface area (Å²) in [5.41, 5.74) is 6.48. The normalized spacial score (nSPS) is 12.5. The van der Waals surface area contributed by atoms with Crippen molar-refractivity contribution in [3.05, 3.63) is 59.7 Å². The molecule has 1 amide bonds. The maximum Gasteiger partial charge on any atom is 0.234 e. The first kappa shape index (κ1) is 16.1. The zero-order valence-corrected chi connectivity index (χ0v) is 13.0. The van der Waals surface area contributed by atoms with Crippen molar-refractivity contribution in [2.45, 2.75) is 19.5 Å². The van der Waals surface area contributed by atoms with E-state index in [4.69, 9.17) is 10.2 Å². The van der Waals surface area contributed by atoms with Crippen LogP contribution in [-0.4, -0.2) is 11.9 Å². The van der Waals surface area contributed by atoms with Crippen molar-refractivity contribution in [3.63, 3.8) is 0 Å². The van der Waals surface area contributed by atoms with Gasteiger partial charge in [-0.1, -0.05) is 12.1 Å². The lowest BCUT2D eigenvalue weighted by atomic mass is 10.1. The molecule has 0 radical (unpaired) electrons. The SMILES string of the molecule is C[C@H](NCc1cc(F)c2oc(-c3cccc(F)c3)cc2c1)C(N)=O. The van der Waals surface area contributed by atoms with Gasteiger partial charge in [0.2, 0.25) is 5.91 Å². The van der Waals surface area contributed by atoms with Gasteiger partial charge >= 0.3 is 0 Å². The molecule has 0 aliphatic carbocycles. The number of carbonyl (C=O) groups is 1. The molecule has 3 N–H and O–H groups in total. The van der Waals surface area contributed by atoms with Gasteiger partial charge in [-0.25, -0.2) is 8.78 Å². The molecule has 0 unspecified atom stereocenters. The summed E-state index contributed by atoms with van der Waals surface area (Å²) in [5, 5.41) is 3.48. The number of amides is 1. The second kappa shape index (κ2) is 6.41. The highest BCUT2D eigenvalue weighted by molar-refractivity contribution is 5.84. The van der Waals surface area contributed by atoms with Crippen LogP contribution in [0.4, 0.5) is 8.78 Å². The summed E-state index contributed by atoms with van der Waals surface area (Å²) in [4.78, 5) is 11.0. The summed E-state index contributed by atoms with van der Waals surface area (Å²) in [6.45, 7) is 1.93. The van der Waals surface area contributed by atoms with Gasteiger partial charge in [-0.15, -0.1) is 0 Å². The van der Waals surface area contributed by atoms with E-state index in [0.29, 0.717) is 22.3 Å². The van der Waals surface area contributed by atoms with Crippen LogP contribution in [0.3, 0.4) is 0 Å². The van der Waals surface area contributed by atoms with Crippen LogP contribution >= 0.6 is 0 Å². The van der Waals surface area contributed by atoms with Crippen LogP contribution in [0.25, 0.3) is 22.3 Å². The first-order valence-electron chi connectivity index (χ1n) is 7.44. The molecule has 4 nitrogen and oxygen atoms in total. The molecule has 1 atom stereocenters. The fourth-order valence-corrected chi connectivity index (χ4v) is 2.43. The van der Waals surface area contributed by atoms with Gasteiger partial charge in [0.15, 0.2) is 11.4 Å². The van der Waals surface area contributed by atoms with E-state index < -0.39 is 23.6 Å². The Morgan fingerprint density at radius 2 is 2.04 bits per heavy atom. The van der Waals surface area contributed by atoms with Gasteiger partial charge in [0.05, 0.1) is 6.04 Å². The van der Waals surface area contributed by atoms with Gasteiger partial charge in [-0.2, -0.15) is 0 Å². The minimum atomic E-state index is -0.518. The topological polar surface area (TPSA) is 68.3 Å². The Morgan fingerprint density at radius 1 is 1.25 bits per heavy atom. The summed E-state index contributed by atoms with van der Waals surface area (Å²) in [7, 11) is 0. The van der Waals surface area contributed by atoms with Gasteiger partial charge in [0, 0.05) is 17.5 Å². The molecule has 0 aliphatic heterocycles. The number of primary amides is 1. The van der Waals surface area contributed by atoms with E-state index in [1.807, 2.05) is 0 Å². The van der Waals surface area contributed by atoms with Crippen LogP contribution in [0.15, 0.2) is 46.9 Å². The van der Waals surface area contributed by atoms with Gasteiger partial charge < -0.3 is 15.5 Å². The molecule has 0 spiro atoms. The van der Waals surface area contributed by atoms with Crippen molar-refractivity contribution in [2.75, 3.05) is 0 Å². The number of hydrogen-bond acceptors (Lipinski definition) is 3. The van der Waals surface area contributed by atoms with Crippen molar-refractivity contribution in [1.82, 2.24) is 5.32 Å². The van der Waals surface area contributed by atoms with E-state index in [1.165, 1.54) is 18.2 Å². The van der Waals surface area contributed by atoms with Crippen molar-refractivity contribution in [3.8, 4) is 11.3 Å². The molecule has 3 aromatic rings. The number of hydrogen-bond donors (Lipinski definition) is 2. The van der Waals surface area contributed by atoms with E-state index in [9.17, 15) is 13.6 Å². The Bertz CT molecular complexity index is 905. The highest BCUT2D eigenvalue weighted by Gasteiger charge is 2.13.